The summed E-state index contributed by atoms with van der Waals surface area (Å²) in [5.41, 5.74) is 0.0115. The Kier molecular flexibility index (Phi) is 7.17. The number of aliphatic carboxylic acids is 1. The summed E-state index contributed by atoms with van der Waals surface area (Å²) < 4.78 is 49.8. The Morgan fingerprint density at radius 2 is 2.02 bits per heavy atom. The fraction of sp³-hybridized carbons (Fsp3) is 0.429. The number of carbonyl (C=O) groups excluding carboxylic acids is 1. The molecule has 0 saturated heterocycles. The third-order valence-corrected chi connectivity index (χ3v) is 8.00. The normalized spacial score (nSPS) is 21.3. The number of methoxy groups -OCH3 is 1. The van der Waals surface area contributed by atoms with Gasteiger partial charge in [-0.25, -0.2) is 0 Å². The molecule has 5 rings (SSSR count). The summed E-state index contributed by atoms with van der Waals surface area (Å²) in [5.74, 6) is -0.887. The van der Waals surface area contributed by atoms with E-state index in [1.165, 1.54) is 11.0 Å². The lowest BCUT2D eigenvalue weighted by molar-refractivity contribution is -0.140. The molecular formula is C28H30F3N5O4. The van der Waals surface area contributed by atoms with Crippen molar-refractivity contribution in [3.05, 3.63) is 76.4 Å². The molecule has 2 aromatic carbocycles. The SMILES string of the molecule is CCC(NCc1cc2c(c(C(F)(F)F)c1)CN(c1cccc(C3(c4nncn4C)CC(OC)C3)c1)C2=O)C(=O)O. The Balaban J connectivity index is 1.49. The van der Waals surface area contributed by atoms with Crippen molar-refractivity contribution in [3.8, 4) is 0 Å². The third-order valence-electron chi connectivity index (χ3n) is 8.00. The molecule has 1 aliphatic carbocycles. The van der Waals surface area contributed by atoms with Crippen LogP contribution in [-0.2, 0) is 41.3 Å². The van der Waals surface area contributed by atoms with Crippen LogP contribution < -0.4 is 10.2 Å². The molecule has 1 fully saturated rings. The molecule has 1 aromatic heterocycles. The quantitative estimate of drug-likeness (QED) is 0.409. The largest absolute Gasteiger partial charge is 0.480 e. The van der Waals surface area contributed by atoms with Crippen LogP contribution >= 0.6 is 0 Å². The maximum absolute atomic E-state index is 14.1. The molecule has 3 aromatic rings. The molecule has 2 N–H and O–H groups in total. The molecule has 1 atom stereocenters. The molecule has 2 aliphatic rings. The van der Waals surface area contributed by atoms with E-state index < -0.39 is 35.1 Å². The summed E-state index contributed by atoms with van der Waals surface area (Å²) in [5, 5.41) is 20.4. The van der Waals surface area contributed by atoms with Crippen molar-refractivity contribution in [2.24, 2.45) is 7.05 Å². The summed E-state index contributed by atoms with van der Waals surface area (Å²) in [6, 6.07) is 8.76. The lowest BCUT2D eigenvalue weighted by atomic mass is 9.62. The number of nitrogens with one attached hydrogen (secondary N) is 1. The maximum atomic E-state index is 14.1. The fourth-order valence-corrected chi connectivity index (χ4v) is 5.80. The number of nitrogens with zero attached hydrogens (tertiary/aromatic N) is 4. The molecule has 1 aliphatic heterocycles. The zero-order valence-corrected chi connectivity index (χ0v) is 22.3. The van der Waals surface area contributed by atoms with Gasteiger partial charge in [0, 0.05) is 32.0 Å². The number of aromatic nitrogens is 3. The summed E-state index contributed by atoms with van der Waals surface area (Å²) in [6.45, 7) is 1.31. The number of carboxylic acids is 1. The molecule has 1 saturated carbocycles. The Bertz CT molecular complexity index is 1450. The first-order valence-electron chi connectivity index (χ1n) is 13.0. The van der Waals surface area contributed by atoms with E-state index >= 15 is 0 Å². The van der Waals surface area contributed by atoms with Crippen molar-refractivity contribution in [2.75, 3.05) is 12.0 Å². The van der Waals surface area contributed by atoms with Crippen molar-refractivity contribution >= 4 is 17.6 Å². The number of carbonyl (C=O) groups is 2. The molecule has 212 valence electrons. The van der Waals surface area contributed by atoms with Gasteiger partial charge in [0.25, 0.3) is 5.91 Å². The van der Waals surface area contributed by atoms with Gasteiger partial charge in [0.1, 0.15) is 18.2 Å². The molecule has 0 bridgehead atoms. The van der Waals surface area contributed by atoms with E-state index in [4.69, 9.17) is 4.74 Å². The van der Waals surface area contributed by atoms with Crippen molar-refractivity contribution < 1.29 is 32.6 Å². The van der Waals surface area contributed by atoms with Gasteiger partial charge in [0.15, 0.2) is 0 Å². The summed E-state index contributed by atoms with van der Waals surface area (Å²) in [7, 11) is 3.50. The standard InChI is InChI=1S/C28H30F3N5O4/c1-4-23(25(38)39)32-13-16-8-20-21(22(9-16)28(29,30)31)14-36(24(20)37)18-7-5-6-17(10-18)27(11-19(12-27)40-3)26-34-33-15-35(26)2/h5-10,15,19,23,32H,4,11-14H2,1-3H3,(H,38,39). The summed E-state index contributed by atoms with van der Waals surface area (Å²) >= 11 is 0. The molecular weight excluding hydrogens is 527 g/mol. The fourth-order valence-electron chi connectivity index (χ4n) is 5.80. The van der Waals surface area contributed by atoms with E-state index in [9.17, 15) is 27.9 Å². The second-order valence-corrected chi connectivity index (χ2v) is 10.4. The van der Waals surface area contributed by atoms with Crippen LogP contribution in [0.2, 0.25) is 0 Å². The van der Waals surface area contributed by atoms with E-state index in [1.807, 2.05) is 23.7 Å². The maximum Gasteiger partial charge on any atom is 0.416 e. The highest BCUT2D eigenvalue weighted by molar-refractivity contribution is 6.10. The van der Waals surface area contributed by atoms with E-state index in [0.717, 1.165) is 17.5 Å². The molecule has 0 radical (unpaired) electrons. The number of alkyl halides is 3. The zero-order valence-electron chi connectivity index (χ0n) is 22.3. The van der Waals surface area contributed by atoms with Crippen molar-refractivity contribution in [1.82, 2.24) is 20.1 Å². The predicted octanol–water partition coefficient (Wildman–Crippen LogP) is 4.04. The molecule has 0 spiro atoms. The lowest BCUT2D eigenvalue weighted by Crippen LogP contribution is -2.48. The van der Waals surface area contributed by atoms with Crippen LogP contribution in [-0.4, -0.2) is 51.0 Å². The third kappa shape index (κ3) is 4.75. The van der Waals surface area contributed by atoms with Crippen LogP contribution in [0.25, 0.3) is 0 Å². The van der Waals surface area contributed by atoms with Crippen molar-refractivity contribution in [2.45, 2.75) is 63.0 Å². The number of carboxylic acid groups (broad SMARTS) is 1. The predicted molar refractivity (Wildman–Crippen MR) is 139 cm³/mol. The average Bonchev–Trinajstić information content (AvgIpc) is 3.46. The molecule has 1 amide bonds. The van der Waals surface area contributed by atoms with Gasteiger partial charge in [0.05, 0.1) is 23.6 Å². The molecule has 12 heteroatoms. The van der Waals surface area contributed by atoms with Crippen LogP contribution in [0.3, 0.4) is 0 Å². The molecule has 2 heterocycles. The van der Waals surface area contributed by atoms with Crippen LogP contribution in [0.5, 0.6) is 0 Å². The van der Waals surface area contributed by atoms with Crippen LogP contribution in [0, 0.1) is 0 Å². The minimum atomic E-state index is -4.69. The molecule has 1 unspecified atom stereocenters. The molecule has 9 nitrogen and oxygen atoms in total. The second kappa shape index (κ2) is 10.3. The number of amides is 1. The minimum absolute atomic E-state index is 0.0211. The number of aryl methyl sites for hydroxylation is 1. The monoisotopic (exact) mass is 557 g/mol. The van der Waals surface area contributed by atoms with Gasteiger partial charge in [-0.2, -0.15) is 13.2 Å². The van der Waals surface area contributed by atoms with Crippen molar-refractivity contribution in [3.63, 3.8) is 0 Å². The van der Waals surface area contributed by atoms with Crippen LogP contribution in [0.1, 0.15) is 64.6 Å². The zero-order chi connectivity index (χ0) is 28.8. The Hall–Kier alpha value is -3.77. The first-order valence-corrected chi connectivity index (χ1v) is 13.0. The number of hydrogen-bond donors (Lipinski definition) is 2. The number of halogens is 3. The number of ether oxygens (including phenoxy) is 1. The van der Waals surface area contributed by atoms with Gasteiger partial charge in [-0.15, -0.1) is 10.2 Å². The highest BCUT2D eigenvalue weighted by Gasteiger charge is 2.50. The Morgan fingerprint density at radius 3 is 2.62 bits per heavy atom. The van der Waals surface area contributed by atoms with Gasteiger partial charge in [-0.3, -0.25) is 9.59 Å². The van der Waals surface area contributed by atoms with Gasteiger partial charge in [-0.05, 0) is 60.2 Å². The first-order chi connectivity index (χ1) is 19.0. The van der Waals surface area contributed by atoms with Gasteiger partial charge in [0.2, 0.25) is 0 Å². The average molecular weight is 558 g/mol. The number of fused-ring (bicyclic) bond motifs is 1. The van der Waals surface area contributed by atoms with E-state index in [-0.39, 0.29) is 42.3 Å². The number of benzene rings is 2. The summed E-state index contributed by atoms with van der Waals surface area (Å²) in [4.78, 5) is 26.3. The van der Waals surface area contributed by atoms with Gasteiger partial charge >= 0.3 is 12.1 Å². The van der Waals surface area contributed by atoms with E-state index in [0.29, 0.717) is 18.5 Å². The minimum Gasteiger partial charge on any atom is -0.480 e. The van der Waals surface area contributed by atoms with Crippen LogP contribution in [0.15, 0.2) is 42.7 Å². The van der Waals surface area contributed by atoms with E-state index in [1.54, 1.807) is 32.5 Å². The molecule has 40 heavy (non-hydrogen) atoms. The highest BCUT2D eigenvalue weighted by atomic mass is 19.4. The highest BCUT2D eigenvalue weighted by Crippen LogP contribution is 2.50. The number of hydrogen-bond acceptors (Lipinski definition) is 6. The Morgan fingerprint density at radius 1 is 1.27 bits per heavy atom. The summed E-state index contributed by atoms with van der Waals surface area (Å²) in [6.07, 6.45) is -1.49. The van der Waals surface area contributed by atoms with Crippen LogP contribution in [0.4, 0.5) is 18.9 Å². The second-order valence-electron chi connectivity index (χ2n) is 10.4. The van der Waals surface area contributed by atoms with Crippen molar-refractivity contribution in [1.29, 1.82) is 0 Å². The first kappa shape index (κ1) is 27.8. The van der Waals surface area contributed by atoms with E-state index in [2.05, 4.69) is 15.5 Å². The van der Waals surface area contributed by atoms with Gasteiger partial charge < -0.3 is 24.6 Å². The smallest absolute Gasteiger partial charge is 0.416 e. The van der Waals surface area contributed by atoms with Gasteiger partial charge in [-0.1, -0.05) is 19.1 Å². The lowest BCUT2D eigenvalue weighted by Gasteiger charge is -2.46. The topological polar surface area (TPSA) is 110 Å². The Labute approximate surface area is 229 Å². The number of rotatable bonds is 9. The number of anilines is 1.